The fraction of sp³-hybridized carbons (Fsp3) is 0.414. The molecule has 0 saturated carbocycles. The van der Waals surface area contributed by atoms with Gasteiger partial charge in [0.25, 0.3) is 0 Å². The van der Waals surface area contributed by atoms with Crippen molar-refractivity contribution in [1.82, 2.24) is 36.6 Å². The maximum Gasteiger partial charge on any atom is 0.326 e. The molecule has 260 valence electrons. The van der Waals surface area contributed by atoms with Crippen LogP contribution in [0.2, 0.25) is 0 Å². The predicted octanol–water partition coefficient (Wildman–Crippen LogP) is -3.58. The molecule has 0 radical (unpaired) electrons. The fourth-order valence-corrected chi connectivity index (χ4v) is 4.19. The number of rotatable bonds is 19. The largest absolute Gasteiger partial charge is 0.481 e. The highest BCUT2D eigenvalue weighted by Gasteiger charge is 2.31. The molecule has 0 fully saturated rings. The van der Waals surface area contributed by atoms with Crippen LogP contribution in [0.1, 0.15) is 37.9 Å². The van der Waals surface area contributed by atoms with E-state index in [-0.39, 0.29) is 12.8 Å². The number of imidazole rings is 1. The molecule has 0 aliphatic rings. The van der Waals surface area contributed by atoms with E-state index < -0.39 is 96.5 Å². The Morgan fingerprint density at radius 1 is 0.729 bits per heavy atom. The molecule has 2 aromatic rings. The predicted molar refractivity (Wildman–Crippen MR) is 165 cm³/mol. The second kappa shape index (κ2) is 18.3. The average molecular weight is 674 g/mol. The molecule has 0 spiro atoms. The third-order valence-corrected chi connectivity index (χ3v) is 6.77. The van der Waals surface area contributed by atoms with Crippen LogP contribution < -0.4 is 38.1 Å². The molecule has 0 aliphatic carbocycles. The van der Waals surface area contributed by atoms with Gasteiger partial charge in [0.05, 0.1) is 30.9 Å². The van der Waals surface area contributed by atoms with Gasteiger partial charge in [0, 0.05) is 19.0 Å². The van der Waals surface area contributed by atoms with Gasteiger partial charge in [-0.1, -0.05) is 30.3 Å². The molecule has 0 saturated heterocycles. The van der Waals surface area contributed by atoms with E-state index in [2.05, 4.69) is 36.6 Å². The summed E-state index contributed by atoms with van der Waals surface area (Å²) in [5.41, 5.74) is 11.7. The van der Waals surface area contributed by atoms with Gasteiger partial charge in [-0.3, -0.25) is 33.6 Å². The highest BCUT2D eigenvalue weighted by atomic mass is 16.4. The van der Waals surface area contributed by atoms with Gasteiger partial charge in [0.15, 0.2) is 0 Å². The molecule has 19 heteroatoms. The van der Waals surface area contributed by atoms with Crippen LogP contribution >= 0.6 is 0 Å². The quantitative estimate of drug-likeness (QED) is 0.0692. The second-order valence-electron chi connectivity index (χ2n) is 10.8. The van der Waals surface area contributed by atoms with Crippen LogP contribution in [0.25, 0.3) is 0 Å². The van der Waals surface area contributed by atoms with Crippen molar-refractivity contribution in [3.63, 3.8) is 0 Å². The molecular formula is C29H39N9O10. The maximum atomic E-state index is 13.1. The van der Waals surface area contributed by atoms with Gasteiger partial charge in [-0.2, -0.15) is 0 Å². The Morgan fingerprint density at radius 3 is 1.79 bits per heavy atom. The van der Waals surface area contributed by atoms with Gasteiger partial charge in [-0.15, -0.1) is 0 Å². The zero-order chi connectivity index (χ0) is 36.0. The molecule has 12 N–H and O–H groups in total. The Balaban J connectivity index is 2.09. The number of carboxylic acid groups (broad SMARTS) is 2. The molecule has 2 rings (SSSR count). The number of carboxylic acids is 2. The van der Waals surface area contributed by atoms with Gasteiger partial charge in [0.2, 0.25) is 35.4 Å². The maximum absolute atomic E-state index is 13.1. The molecule has 19 nitrogen and oxygen atoms in total. The molecule has 0 unspecified atom stereocenters. The Labute approximate surface area is 274 Å². The van der Waals surface area contributed by atoms with E-state index in [1.807, 2.05) is 0 Å². The summed E-state index contributed by atoms with van der Waals surface area (Å²) in [5.74, 6) is -8.16. The van der Waals surface area contributed by atoms with Crippen LogP contribution in [-0.4, -0.2) is 104 Å². The first kappa shape index (κ1) is 38.3. The lowest BCUT2D eigenvalue weighted by atomic mass is 10.0. The average Bonchev–Trinajstić information content (AvgIpc) is 3.52. The number of hydrogen-bond donors (Lipinski definition) is 10. The monoisotopic (exact) mass is 673 g/mol. The summed E-state index contributed by atoms with van der Waals surface area (Å²) in [4.78, 5) is 105. The summed E-state index contributed by atoms with van der Waals surface area (Å²) in [6.07, 6.45) is 1.21. The first-order valence-corrected chi connectivity index (χ1v) is 14.6. The summed E-state index contributed by atoms with van der Waals surface area (Å²) in [7, 11) is 0. The third kappa shape index (κ3) is 12.9. The third-order valence-electron chi connectivity index (χ3n) is 6.77. The lowest BCUT2D eigenvalue weighted by molar-refractivity contribution is -0.143. The topological polar surface area (TPSA) is 318 Å². The van der Waals surface area contributed by atoms with Crippen molar-refractivity contribution in [2.75, 3.05) is 0 Å². The van der Waals surface area contributed by atoms with Crippen molar-refractivity contribution >= 4 is 47.4 Å². The molecule has 48 heavy (non-hydrogen) atoms. The van der Waals surface area contributed by atoms with Crippen molar-refractivity contribution in [3.8, 4) is 0 Å². The lowest BCUT2D eigenvalue weighted by Gasteiger charge is -2.24. The van der Waals surface area contributed by atoms with Gasteiger partial charge < -0.3 is 53.2 Å². The van der Waals surface area contributed by atoms with Crippen LogP contribution in [0.5, 0.6) is 0 Å². The number of aromatic nitrogens is 2. The molecule has 6 amide bonds. The minimum atomic E-state index is -1.65. The minimum Gasteiger partial charge on any atom is -0.481 e. The standard InChI is InChI=1S/C29H39N9O10/c1-14(35-27(45)20(9-17-12-32-13-33-17)37-26(44)18(30)10-23(40)41)24(42)34-15(2)25(43)36-19(8-16-6-4-3-5-7-16)28(46)38-21(29(47)48)11-22(31)39/h3-7,12-15,18-21H,8-11,30H2,1-2H3,(H2,31,39)(H,32,33)(H,34,42)(H,35,45)(H,36,43)(H,37,44)(H,38,46)(H,40,41)(H,47,48)/t14-,15-,18-,19-,20-,21-/m0/s1. The molecular weight excluding hydrogens is 634 g/mol. The van der Waals surface area contributed by atoms with Crippen molar-refractivity contribution in [2.45, 2.75) is 75.8 Å². The van der Waals surface area contributed by atoms with Gasteiger partial charge in [-0.25, -0.2) is 9.78 Å². The number of nitrogens with zero attached hydrogens (tertiary/aromatic N) is 1. The van der Waals surface area contributed by atoms with Gasteiger partial charge in [0.1, 0.15) is 30.2 Å². The van der Waals surface area contributed by atoms with E-state index in [9.17, 15) is 43.5 Å². The Bertz CT molecular complexity index is 1470. The van der Waals surface area contributed by atoms with Crippen molar-refractivity contribution in [1.29, 1.82) is 0 Å². The molecule has 0 bridgehead atoms. The van der Waals surface area contributed by atoms with Gasteiger partial charge >= 0.3 is 11.9 Å². The Morgan fingerprint density at radius 2 is 1.25 bits per heavy atom. The van der Waals surface area contributed by atoms with Crippen LogP contribution in [0.15, 0.2) is 42.9 Å². The number of carbonyl (C=O) groups is 8. The van der Waals surface area contributed by atoms with E-state index in [4.69, 9.17) is 16.6 Å². The minimum absolute atomic E-state index is 0.0757. The van der Waals surface area contributed by atoms with E-state index in [1.54, 1.807) is 30.3 Å². The number of H-pyrrole nitrogens is 1. The van der Waals surface area contributed by atoms with E-state index in [0.717, 1.165) is 0 Å². The fourth-order valence-electron chi connectivity index (χ4n) is 4.19. The summed E-state index contributed by atoms with van der Waals surface area (Å²) < 4.78 is 0. The summed E-state index contributed by atoms with van der Waals surface area (Å²) in [6.45, 7) is 2.61. The Kier molecular flexibility index (Phi) is 14.6. The van der Waals surface area contributed by atoms with E-state index in [0.29, 0.717) is 11.3 Å². The molecule has 1 aromatic heterocycles. The van der Waals surface area contributed by atoms with Crippen LogP contribution in [0.3, 0.4) is 0 Å². The number of hydrogen-bond acceptors (Lipinski definition) is 10. The number of carbonyl (C=O) groups excluding carboxylic acids is 6. The van der Waals surface area contributed by atoms with Crippen molar-refractivity contribution in [3.05, 3.63) is 54.1 Å². The molecule has 1 heterocycles. The number of nitrogens with one attached hydrogen (secondary N) is 6. The first-order chi connectivity index (χ1) is 22.6. The molecule has 0 aliphatic heterocycles. The van der Waals surface area contributed by atoms with E-state index >= 15 is 0 Å². The van der Waals surface area contributed by atoms with Crippen LogP contribution in [0.4, 0.5) is 0 Å². The van der Waals surface area contributed by atoms with Crippen molar-refractivity contribution in [2.24, 2.45) is 11.5 Å². The number of aromatic amines is 1. The number of primary amides is 1. The SMILES string of the molecule is C[C@H](NC(=O)[C@H](C)NC(=O)[C@H](Cc1c[nH]cn1)NC(=O)[C@@H](N)CC(=O)O)C(=O)N[C@@H](Cc1ccccc1)C(=O)N[C@@H](CC(N)=O)C(=O)O. The highest BCUT2D eigenvalue weighted by molar-refractivity contribution is 5.96. The van der Waals surface area contributed by atoms with Gasteiger partial charge in [-0.05, 0) is 19.4 Å². The number of amides is 6. The normalized spacial score (nSPS) is 14.5. The zero-order valence-corrected chi connectivity index (χ0v) is 26.1. The molecule has 1 aromatic carbocycles. The summed E-state index contributed by atoms with van der Waals surface area (Å²) >= 11 is 0. The number of aliphatic carboxylic acids is 2. The number of nitrogens with two attached hydrogens (primary N) is 2. The number of benzene rings is 1. The summed E-state index contributed by atoms with van der Waals surface area (Å²) in [5, 5.41) is 30.1. The zero-order valence-electron chi connectivity index (χ0n) is 26.1. The van der Waals surface area contributed by atoms with Crippen molar-refractivity contribution < 1.29 is 48.6 Å². The lowest BCUT2D eigenvalue weighted by Crippen LogP contribution is -2.58. The summed E-state index contributed by atoms with van der Waals surface area (Å²) in [6, 6.07) is 0.171. The highest BCUT2D eigenvalue weighted by Crippen LogP contribution is 2.06. The second-order valence-corrected chi connectivity index (χ2v) is 10.8. The first-order valence-electron chi connectivity index (χ1n) is 14.6. The van der Waals surface area contributed by atoms with Crippen LogP contribution in [-0.2, 0) is 51.2 Å². The Hall–Kier alpha value is -5.85. The van der Waals surface area contributed by atoms with E-state index in [1.165, 1.54) is 26.4 Å². The van der Waals surface area contributed by atoms with Crippen LogP contribution in [0, 0.1) is 0 Å². The molecule has 6 atom stereocenters. The smallest absolute Gasteiger partial charge is 0.326 e.